The first-order chi connectivity index (χ1) is 9.97. The first-order valence-electron chi connectivity index (χ1n) is 5.91. The summed E-state index contributed by atoms with van der Waals surface area (Å²) < 4.78 is 1.46. The van der Waals surface area contributed by atoms with Crippen molar-refractivity contribution in [3.05, 3.63) is 34.4 Å². The molecule has 0 fully saturated rings. The van der Waals surface area contributed by atoms with Gasteiger partial charge in [-0.05, 0) is 23.4 Å². The fourth-order valence-corrected chi connectivity index (χ4v) is 2.23. The van der Waals surface area contributed by atoms with Gasteiger partial charge in [0.05, 0.1) is 10.2 Å². The molecule has 0 aliphatic carbocycles. The number of nitro benzene ring substituents is 1. The number of hydrogen-bond acceptors (Lipinski definition) is 7. The fraction of sp³-hybridized carbons (Fsp3) is 0.273. The standard InChI is InChI=1S/C11H12N6O3S/c1-7(21-11-13-14-15-16(11)2)10(18)12-8-4-3-5-9(6-8)17(19)20/h3-7H,1-2H3,(H,12,18)/t7-/m1/s1. The van der Waals surface area contributed by atoms with Crippen molar-refractivity contribution >= 4 is 29.0 Å². The van der Waals surface area contributed by atoms with Crippen LogP contribution in [0.5, 0.6) is 0 Å². The predicted octanol–water partition coefficient (Wildman–Crippen LogP) is 1.24. The summed E-state index contributed by atoms with van der Waals surface area (Å²) >= 11 is 1.20. The Morgan fingerprint density at radius 3 is 2.90 bits per heavy atom. The van der Waals surface area contributed by atoms with Crippen LogP contribution in [-0.4, -0.2) is 36.3 Å². The maximum Gasteiger partial charge on any atom is 0.271 e. The quantitative estimate of drug-likeness (QED) is 0.501. The highest BCUT2D eigenvalue weighted by molar-refractivity contribution is 8.00. The number of nitro groups is 1. The monoisotopic (exact) mass is 308 g/mol. The summed E-state index contributed by atoms with van der Waals surface area (Å²) in [6.45, 7) is 1.70. The number of benzene rings is 1. The Bertz CT molecular complexity index is 673. The number of nitrogens with one attached hydrogen (secondary N) is 1. The first-order valence-corrected chi connectivity index (χ1v) is 6.79. The second-order valence-corrected chi connectivity index (χ2v) is 5.45. The van der Waals surface area contributed by atoms with Crippen molar-refractivity contribution in [2.45, 2.75) is 17.3 Å². The summed E-state index contributed by atoms with van der Waals surface area (Å²) in [5.74, 6) is -0.288. The van der Waals surface area contributed by atoms with E-state index in [1.54, 1.807) is 20.0 Å². The third-order valence-corrected chi connectivity index (χ3v) is 3.68. The van der Waals surface area contributed by atoms with E-state index in [9.17, 15) is 14.9 Å². The molecule has 0 saturated carbocycles. The minimum atomic E-state index is -0.515. The Morgan fingerprint density at radius 1 is 1.52 bits per heavy atom. The number of anilines is 1. The molecule has 1 heterocycles. The number of hydrogen-bond donors (Lipinski definition) is 1. The second-order valence-electron chi connectivity index (χ2n) is 4.14. The van der Waals surface area contributed by atoms with Crippen LogP contribution >= 0.6 is 11.8 Å². The number of rotatable bonds is 5. The lowest BCUT2D eigenvalue weighted by Crippen LogP contribution is -2.22. The Balaban J connectivity index is 2.02. The Hall–Kier alpha value is -2.49. The van der Waals surface area contributed by atoms with E-state index in [2.05, 4.69) is 20.8 Å². The third-order valence-electron chi connectivity index (χ3n) is 2.56. The van der Waals surface area contributed by atoms with Crippen LogP contribution in [0.4, 0.5) is 11.4 Å². The Morgan fingerprint density at radius 2 is 2.29 bits per heavy atom. The average molecular weight is 308 g/mol. The molecule has 0 saturated heterocycles. The number of aryl methyl sites for hydroxylation is 1. The average Bonchev–Trinajstić information content (AvgIpc) is 2.84. The van der Waals surface area contributed by atoms with E-state index >= 15 is 0 Å². The largest absolute Gasteiger partial charge is 0.325 e. The molecule has 0 aliphatic heterocycles. The molecule has 0 aliphatic rings. The highest BCUT2D eigenvalue weighted by atomic mass is 32.2. The maximum absolute atomic E-state index is 12.1. The van der Waals surface area contributed by atoms with Crippen molar-refractivity contribution in [1.82, 2.24) is 20.2 Å². The molecule has 0 unspecified atom stereocenters. The number of carbonyl (C=O) groups excluding carboxylic acids is 1. The van der Waals surface area contributed by atoms with Crippen molar-refractivity contribution in [1.29, 1.82) is 0 Å². The van der Waals surface area contributed by atoms with E-state index in [0.29, 0.717) is 10.8 Å². The van der Waals surface area contributed by atoms with Gasteiger partial charge in [-0.3, -0.25) is 14.9 Å². The number of thioether (sulfide) groups is 1. The lowest BCUT2D eigenvalue weighted by molar-refractivity contribution is -0.384. The van der Waals surface area contributed by atoms with Gasteiger partial charge in [0.1, 0.15) is 0 Å². The van der Waals surface area contributed by atoms with E-state index < -0.39 is 10.2 Å². The molecule has 1 amide bonds. The van der Waals surface area contributed by atoms with Crippen LogP contribution in [0.25, 0.3) is 0 Å². The van der Waals surface area contributed by atoms with Gasteiger partial charge < -0.3 is 5.32 Å². The second kappa shape index (κ2) is 6.31. The molecule has 21 heavy (non-hydrogen) atoms. The van der Waals surface area contributed by atoms with Gasteiger partial charge in [0.2, 0.25) is 11.1 Å². The van der Waals surface area contributed by atoms with Gasteiger partial charge in [-0.2, -0.15) is 0 Å². The van der Waals surface area contributed by atoms with Gasteiger partial charge >= 0.3 is 0 Å². The minimum absolute atomic E-state index is 0.0781. The SMILES string of the molecule is C[C@@H](Sc1nnnn1C)C(=O)Nc1cccc([N+](=O)[O-])c1. The summed E-state index contributed by atoms with van der Waals surface area (Å²) in [7, 11) is 1.67. The number of nitrogens with zero attached hydrogens (tertiary/aromatic N) is 5. The topological polar surface area (TPSA) is 116 Å². The Kier molecular flexibility index (Phi) is 4.48. The van der Waals surface area contributed by atoms with E-state index in [0.717, 1.165) is 0 Å². The number of tetrazole rings is 1. The molecular weight excluding hydrogens is 296 g/mol. The molecule has 1 N–H and O–H groups in total. The molecule has 110 valence electrons. The summed E-state index contributed by atoms with van der Waals surface area (Å²) in [5.41, 5.74) is 0.295. The summed E-state index contributed by atoms with van der Waals surface area (Å²) in [6.07, 6.45) is 0. The van der Waals surface area contributed by atoms with Gasteiger partial charge in [0.25, 0.3) is 5.69 Å². The molecule has 9 nitrogen and oxygen atoms in total. The lowest BCUT2D eigenvalue weighted by atomic mass is 10.2. The van der Waals surface area contributed by atoms with Gasteiger partial charge in [-0.15, -0.1) is 5.10 Å². The summed E-state index contributed by atoms with van der Waals surface area (Å²) in [6, 6.07) is 5.77. The highest BCUT2D eigenvalue weighted by Gasteiger charge is 2.18. The number of aromatic nitrogens is 4. The van der Waals surface area contributed by atoms with Gasteiger partial charge in [-0.1, -0.05) is 17.8 Å². The molecule has 0 radical (unpaired) electrons. The van der Waals surface area contributed by atoms with Gasteiger partial charge in [0.15, 0.2) is 0 Å². The molecule has 1 aromatic heterocycles. The van der Waals surface area contributed by atoms with E-state index in [-0.39, 0.29) is 11.6 Å². The van der Waals surface area contributed by atoms with Crippen LogP contribution < -0.4 is 5.32 Å². The molecular formula is C11H12N6O3S. The molecule has 2 rings (SSSR count). The van der Waals surface area contributed by atoms with Crippen LogP contribution in [0.1, 0.15) is 6.92 Å². The summed E-state index contributed by atoms with van der Waals surface area (Å²) in [5, 5.41) is 24.3. The van der Waals surface area contributed by atoms with Crippen LogP contribution in [0.15, 0.2) is 29.4 Å². The van der Waals surface area contributed by atoms with Crippen molar-refractivity contribution in [3.8, 4) is 0 Å². The first kappa shape index (κ1) is 14.9. The zero-order chi connectivity index (χ0) is 15.4. The van der Waals surface area contributed by atoms with Crippen LogP contribution in [0, 0.1) is 10.1 Å². The number of non-ortho nitro benzene ring substituents is 1. The lowest BCUT2D eigenvalue weighted by Gasteiger charge is -2.10. The zero-order valence-corrected chi connectivity index (χ0v) is 12.1. The molecule has 1 aromatic carbocycles. The maximum atomic E-state index is 12.1. The van der Waals surface area contributed by atoms with Crippen molar-refractivity contribution in [2.75, 3.05) is 5.32 Å². The van der Waals surface area contributed by atoms with Crippen LogP contribution in [0.2, 0.25) is 0 Å². The van der Waals surface area contributed by atoms with Crippen LogP contribution in [0.3, 0.4) is 0 Å². The van der Waals surface area contributed by atoms with Gasteiger partial charge in [0, 0.05) is 24.9 Å². The van der Waals surface area contributed by atoms with Crippen molar-refractivity contribution in [3.63, 3.8) is 0 Å². The molecule has 0 spiro atoms. The highest BCUT2D eigenvalue weighted by Crippen LogP contribution is 2.22. The van der Waals surface area contributed by atoms with E-state index in [1.165, 1.54) is 34.6 Å². The normalized spacial score (nSPS) is 11.9. The molecule has 2 aromatic rings. The molecule has 0 bridgehead atoms. The fourth-order valence-electron chi connectivity index (χ4n) is 1.47. The van der Waals surface area contributed by atoms with Crippen molar-refractivity contribution < 1.29 is 9.72 Å². The number of carbonyl (C=O) groups is 1. The van der Waals surface area contributed by atoms with E-state index in [1.807, 2.05) is 0 Å². The summed E-state index contributed by atoms with van der Waals surface area (Å²) in [4.78, 5) is 22.2. The van der Waals surface area contributed by atoms with Crippen molar-refractivity contribution in [2.24, 2.45) is 7.05 Å². The third kappa shape index (κ3) is 3.75. The predicted molar refractivity (Wildman–Crippen MR) is 75.8 cm³/mol. The molecule has 10 heteroatoms. The number of amides is 1. The van der Waals surface area contributed by atoms with E-state index in [4.69, 9.17) is 0 Å². The van der Waals surface area contributed by atoms with Crippen LogP contribution in [-0.2, 0) is 11.8 Å². The Labute approximate surface area is 123 Å². The zero-order valence-electron chi connectivity index (χ0n) is 11.3. The minimum Gasteiger partial charge on any atom is -0.325 e. The van der Waals surface area contributed by atoms with Gasteiger partial charge in [-0.25, -0.2) is 4.68 Å². The smallest absolute Gasteiger partial charge is 0.271 e. The molecule has 1 atom stereocenters.